The number of aliphatic hydroxyl groups excluding tert-OH is 2. The number of aliphatic hydroxyl groups is 2. The molecule has 0 atom stereocenters. The fourth-order valence-electron chi connectivity index (χ4n) is 2.61. The fraction of sp³-hybridized carbons (Fsp3) is 0.421. The number of rotatable bonds is 10. The van der Waals surface area contributed by atoms with Crippen LogP contribution in [-0.4, -0.2) is 46.8 Å². The Bertz CT molecular complexity index is 900. The molecule has 0 spiro atoms. The van der Waals surface area contributed by atoms with E-state index < -0.39 is 0 Å². The molecule has 29 heavy (non-hydrogen) atoms. The van der Waals surface area contributed by atoms with Crippen molar-refractivity contribution in [3.8, 4) is 6.07 Å². The zero-order chi connectivity index (χ0) is 21.2. The summed E-state index contributed by atoms with van der Waals surface area (Å²) in [6.07, 6.45) is 1.07. The molecule has 2 aromatic rings. The third kappa shape index (κ3) is 6.05. The molecule has 1 amide bonds. The van der Waals surface area contributed by atoms with Crippen molar-refractivity contribution in [2.75, 3.05) is 36.5 Å². The third-order valence-corrected chi connectivity index (χ3v) is 4.87. The predicted octanol–water partition coefficient (Wildman–Crippen LogP) is 3.27. The number of benzene rings is 1. The molecule has 1 aromatic heterocycles. The third-order valence-electron chi connectivity index (χ3n) is 4.04. The number of aromatic nitrogens is 1. The van der Waals surface area contributed by atoms with E-state index in [9.17, 15) is 20.3 Å². The van der Waals surface area contributed by atoms with Crippen LogP contribution in [0.5, 0.6) is 0 Å². The van der Waals surface area contributed by atoms with E-state index in [1.165, 1.54) is 0 Å². The van der Waals surface area contributed by atoms with Crippen molar-refractivity contribution < 1.29 is 15.0 Å². The lowest BCUT2D eigenvalue weighted by Crippen LogP contribution is -2.29. The van der Waals surface area contributed by atoms with E-state index in [0.717, 1.165) is 17.2 Å². The van der Waals surface area contributed by atoms with Gasteiger partial charge in [-0.2, -0.15) is 9.64 Å². The van der Waals surface area contributed by atoms with Gasteiger partial charge >= 0.3 is 0 Å². The van der Waals surface area contributed by atoms with Gasteiger partial charge in [-0.1, -0.05) is 6.92 Å². The van der Waals surface area contributed by atoms with Crippen molar-refractivity contribution in [1.82, 2.24) is 4.37 Å². The molecule has 0 aliphatic carbocycles. The number of hydrogen-bond donors (Lipinski definition) is 3. The lowest BCUT2D eigenvalue weighted by Gasteiger charge is -2.24. The standard InChI is InChI=1S/C19H24N6O3S/c1-3-4-18(28)21-17-11-14(25(7-9-26)8-10-27)5-6-16(17)22-23-19-15(12-20)13(2)24-29-19/h5-6,11,26-27H,3-4,7-10H2,1-2H3,(H,21,28)/b23-22+. The lowest BCUT2D eigenvalue weighted by atomic mass is 10.2. The Labute approximate surface area is 173 Å². The first kappa shape index (κ1) is 22.4. The first-order chi connectivity index (χ1) is 14.0. The van der Waals surface area contributed by atoms with Crippen molar-refractivity contribution in [2.45, 2.75) is 26.7 Å². The monoisotopic (exact) mass is 416 g/mol. The van der Waals surface area contributed by atoms with Gasteiger partial charge in [-0.05, 0) is 43.1 Å². The summed E-state index contributed by atoms with van der Waals surface area (Å²) in [5.74, 6) is -0.150. The number of nitrogens with one attached hydrogen (secondary N) is 1. The van der Waals surface area contributed by atoms with Crippen molar-refractivity contribution >= 4 is 39.5 Å². The minimum Gasteiger partial charge on any atom is -0.395 e. The maximum atomic E-state index is 12.1. The van der Waals surface area contributed by atoms with Crippen LogP contribution in [0.4, 0.5) is 22.1 Å². The maximum Gasteiger partial charge on any atom is 0.224 e. The second kappa shape index (κ2) is 11.2. The average molecular weight is 417 g/mol. The molecule has 0 saturated heterocycles. The van der Waals surface area contributed by atoms with Crippen LogP contribution in [0.3, 0.4) is 0 Å². The first-order valence-electron chi connectivity index (χ1n) is 9.22. The number of amides is 1. The Kier molecular flexibility index (Phi) is 8.67. The molecule has 9 nitrogen and oxygen atoms in total. The highest BCUT2D eigenvalue weighted by Gasteiger charge is 2.13. The molecule has 0 aliphatic rings. The van der Waals surface area contributed by atoms with Crippen LogP contribution >= 0.6 is 11.5 Å². The summed E-state index contributed by atoms with van der Waals surface area (Å²) >= 11 is 1.09. The topological polar surface area (TPSA) is 134 Å². The summed E-state index contributed by atoms with van der Waals surface area (Å²) in [5, 5.41) is 39.4. The Balaban J connectivity index is 2.40. The van der Waals surface area contributed by atoms with Gasteiger partial charge in [-0.3, -0.25) is 4.79 Å². The number of aryl methyl sites for hydroxylation is 1. The van der Waals surface area contributed by atoms with Gasteiger partial charge < -0.3 is 20.4 Å². The molecule has 0 radical (unpaired) electrons. The van der Waals surface area contributed by atoms with Crippen molar-refractivity contribution in [2.24, 2.45) is 10.2 Å². The number of carbonyl (C=O) groups excluding carboxylic acids is 1. The van der Waals surface area contributed by atoms with E-state index in [0.29, 0.717) is 53.6 Å². The number of azo groups is 1. The smallest absolute Gasteiger partial charge is 0.224 e. The molecule has 1 aromatic carbocycles. The van der Waals surface area contributed by atoms with Crippen LogP contribution in [-0.2, 0) is 4.79 Å². The number of hydrogen-bond acceptors (Lipinski definition) is 9. The van der Waals surface area contributed by atoms with Crippen molar-refractivity contribution in [3.05, 3.63) is 29.5 Å². The second-order valence-corrected chi connectivity index (χ2v) is 6.95. The summed E-state index contributed by atoms with van der Waals surface area (Å²) < 4.78 is 4.11. The van der Waals surface area contributed by atoms with Gasteiger partial charge in [-0.15, -0.1) is 10.2 Å². The van der Waals surface area contributed by atoms with E-state index in [4.69, 9.17) is 0 Å². The van der Waals surface area contributed by atoms with Gasteiger partial charge in [0.05, 0.1) is 24.6 Å². The number of anilines is 2. The number of nitriles is 1. The van der Waals surface area contributed by atoms with Gasteiger partial charge in [0.2, 0.25) is 5.91 Å². The van der Waals surface area contributed by atoms with Crippen molar-refractivity contribution in [3.63, 3.8) is 0 Å². The summed E-state index contributed by atoms with van der Waals surface area (Å²) in [6.45, 7) is 4.19. The van der Waals surface area contributed by atoms with Crippen LogP contribution in [0, 0.1) is 18.3 Å². The molecular formula is C19H24N6O3S. The average Bonchev–Trinajstić information content (AvgIpc) is 3.06. The van der Waals surface area contributed by atoms with E-state index >= 15 is 0 Å². The summed E-state index contributed by atoms with van der Waals surface area (Å²) in [7, 11) is 0. The normalized spacial score (nSPS) is 10.9. The Morgan fingerprint density at radius 1 is 1.31 bits per heavy atom. The molecule has 3 N–H and O–H groups in total. The van der Waals surface area contributed by atoms with Crippen LogP contribution in [0.25, 0.3) is 0 Å². The van der Waals surface area contributed by atoms with Crippen molar-refractivity contribution in [1.29, 1.82) is 5.26 Å². The van der Waals surface area contributed by atoms with Gasteiger partial charge in [0.1, 0.15) is 17.3 Å². The second-order valence-electron chi connectivity index (χ2n) is 6.19. The fourth-order valence-corrected chi connectivity index (χ4v) is 3.29. The number of carbonyl (C=O) groups is 1. The molecule has 10 heteroatoms. The zero-order valence-electron chi connectivity index (χ0n) is 16.4. The van der Waals surface area contributed by atoms with Gasteiger partial charge in [-0.25, -0.2) is 0 Å². The van der Waals surface area contributed by atoms with Gasteiger partial charge in [0.25, 0.3) is 0 Å². The molecule has 2 rings (SSSR count). The van der Waals surface area contributed by atoms with Crippen LogP contribution in [0.2, 0.25) is 0 Å². The Morgan fingerprint density at radius 2 is 2.03 bits per heavy atom. The predicted molar refractivity (Wildman–Crippen MR) is 112 cm³/mol. The first-order valence-corrected chi connectivity index (χ1v) is 10.00. The van der Waals surface area contributed by atoms with Crippen LogP contribution in [0.1, 0.15) is 31.0 Å². The van der Waals surface area contributed by atoms with Crippen LogP contribution < -0.4 is 10.2 Å². The largest absolute Gasteiger partial charge is 0.395 e. The highest BCUT2D eigenvalue weighted by atomic mass is 32.1. The van der Waals surface area contributed by atoms with Gasteiger partial charge in [0.15, 0.2) is 5.00 Å². The lowest BCUT2D eigenvalue weighted by molar-refractivity contribution is -0.116. The minimum absolute atomic E-state index is 0.0688. The molecule has 0 bridgehead atoms. The molecule has 0 unspecified atom stereocenters. The molecule has 0 aliphatic heterocycles. The molecular weight excluding hydrogens is 392 g/mol. The van der Waals surface area contributed by atoms with E-state index in [1.807, 2.05) is 6.92 Å². The molecule has 154 valence electrons. The van der Waals surface area contributed by atoms with E-state index in [2.05, 4.69) is 26.0 Å². The molecule has 1 heterocycles. The zero-order valence-corrected chi connectivity index (χ0v) is 17.2. The number of nitrogens with zero attached hydrogens (tertiary/aromatic N) is 5. The van der Waals surface area contributed by atoms with Crippen LogP contribution in [0.15, 0.2) is 28.4 Å². The van der Waals surface area contributed by atoms with Gasteiger partial charge in [0, 0.05) is 25.2 Å². The molecule has 0 saturated carbocycles. The quantitative estimate of drug-likeness (QED) is 0.509. The van der Waals surface area contributed by atoms with E-state index in [-0.39, 0.29) is 19.1 Å². The maximum absolute atomic E-state index is 12.1. The SMILES string of the molecule is CCCC(=O)Nc1cc(N(CCO)CCO)ccc1/N=N/c1snc(C)c1C#N. The summed E-state index contributed by atoms with van der Waals surface area (Å²) in [5.41, 5.74) is 2.60. The Morgan fingerprint density at radius 3 is 2.66 bits per heavy atom. The van der Waals surface area contributed by atoms with E-state index in [1.54, 1.807) is 30.0 Å². The molecule has 0 fully saturated rings. The minimum atomic E-state index is -0.150. The summed E-state index contributed by atoms with van der Waals surface area (Å²) in [6, 6.07) is 7.27. The highest BCUT2D eigenvalue weighted by molar-refractivity contribution is 7.10. The summed E-state index contributed by atoms with van der Waals surface area (Å²) in [4.78, 5) is 13.9. The highest BCUT2D eigenvalue weighted by Crippen LogP contribution is 2.34. The Hall–Kier alpha value is -2.87.